The molecular formula is C43H53ClN6O8. The summed E-state index contributed by atoms with van der Waals surface area (Å²) >= 11 is 6.45. The van der Waals surface area contributed by atoms with E-state index in [9.17, 15) is 29.2 Å². The van der Waals surface area contributed by atoms with Crippen LogP contribution in [0, 0.1) is 23.2 Å². The minimum absolute atomic E-state index is 0.0297. The molecule has 0 saturated carbocycles. The molecule has 14 nitrogen and oxygen atoms in total. The molecule has 4 rings (SSSR count). The zero-order valence-electron chi connectivity index (χ0n) is 33.3. The third-order valence-corrected chi connectivity index (χ3v) is 10.4. The van der Waals surface area contributed by atoms with E-state index in [1.54, 1.807) is 49.4 Å². The van der Waals surface area contributed by atoms with E-state index < -0.39 is 41.5 Å². The minimum Gasteiger partial charge on any atom is -0.497 e. The lowest BCUT2D eigenvalue weighted by atomic mass is 9.88. The first-order valence-electron chi connectivity index (χ1n) is 19.4. The van der Waals surface area contributed by atoms with Crippen molar-refractivity contribution in [2.45, 2.75) is 64.0 Å². The maximum Gasteiger partial charge on any atom is 0.226 e. The van der Waals surface area contributed by atoms with Crippen molar-refractivity contribution in [1.29, 1.82) is 5.26 Å². The highest BCUT2D eigenvalue weighted by Gasteiger charge is 2.36. The number of nitrogens with zero attached hydrogens (tertiary/aromatic N) is 2. The van der Waals surface area contributed by atoms with Gasteiger partial charge in [-0.1, -0.05) is 30.7 Å². The third kappa shape index (κ3) is 11.6. The van der Waals surface area contributed by atoms with Crippen LogP contribution in [0.25, 0.3) is 11.1 Å². The Balaban J connectivity index is 1.88. The van der Waals surface area contributed by atoms with E-state index in [-0.39, 0.29) is 93.5 Å². The smallest absolute Gasteiger partial charge is 0.226 e. The topological polar surface area (TPSA) is 230 Å². The van der Waals surface area contributed by atoms with Crippen molar-refractivity contribution in [3.05, 3.63) is 76.3 Å². The summed E-state index contributed by atoms with van der Waals surface area (Å²) in [4.78, 5) is 71.3. The highest BCUT2D eigenvalue weighted by atomic mass is 35.5. The molecule has 0 spiro atoms. The molecule has 3 aromatic rings. The predicted molar refractivity (Wildman–Crippen MR) is 219 cm³/mol. The summed E-state index contributed by atoms with van der Waals surface area (Å²) < 4.78 is 17.4. The monoisotopic (exact) mass is 816 g/mol. The normalized spacial score (nSPS) is 17.2. The van der Waals surface area contributed by atoms with Gasteiger partial charge in [-0.05, 0) is 79.4 Å². The Bertz CT molecular complexity index is 2000. The Morgan fingerprint density at radius 3 is 2.24 bits per heavy atom. The van der Waals surface area contributed by atoms with Crippen molar-refractivity contribution >= 4 is 40.8 Å². The first-order chi connectivity index (χ1) is 27.9. The van der Waals surface area contributed by atoms with Crippen molar-refractivity contribution in [2.24, 2.45) is 29.0 Å². The summed E-state index contributed by atoms with van der Waals surface area (Å²) in [7, 11) is 2.98. The van der Waals surface area contributed by atoms with Crippen molar-refractivity contribution in [3.8, 4) is 34.4 Å². The van der Waals surface area contributed by atoms with E-state index in [0.29, 0.717) is 45.9 Å². The predicted octanol–water partition coefficient (Wildman–Crippen LogP) is 4.33. The van der Waals surface area contributed by atoms with Crippen LogP contribution in [0.4, 0.5) is 0 Å². The summed E-state index contributed by atoms with van der Waals surface area (Å²) in [5.74, 6) is -2.64. The van der Waals surface area contributed by atoms with Crippen LogP contribution in [-0.4, -0.2) is 87.1 Å². The SMILES string of the molecule is COc1ccc(C(=O)C[C@@H](CCCN)C(=O)N(C)[C@@H]2C(=O)C[C@@H](C)C(=O)N[C@H](C(=O)CCC#N)Cc3ccc(OCCN)c(c3)-c3cc2ccc3OCCN)c(Cl)c1. The number of Topliss-reactive ketones (excluding diaryl/α,β-unsaturated/α-hetero) is 3. The van der Waals surface area contributed by atoms with Gasteiger partial charge in [0, 0.05) is 74.3 Å². The molecule has 0 saturated heterocycles. The van der Waals surface area contributed by atoms with Gasteiger partial charge in [0.1, 0.15) is 36.5 Å². The number of carbonyl (C=O) groups is 5. The second-order valence-corrected chi connectivity index (χ2v) is 14.7. The summed E-state index contributed by atoms with van der Waals surface area (Å²) in [6, 6.07) is 14.9. The molecule has 0 radical (unpaired) electrons. The maximum atomic E-state index is 14.6. The summed E-state index contributed by atoms with van der Waals surface area (Å²) in [6.45, 7) is 2.62. The molecule has 1 heterocycles. The number of nitriles is 1. The lowest BCUT2D eigenvalue weighted by Crippen LogP contribution is -2.45. The molecule has 1 aliphatic heterocycles. The molecule has 7 N–H and O–H groups in total. The Kier molecular flexibility index (Phi) is 17.2. The average Bonchev–Trinajstić information content (AvgIpc) is 3.21. The van der Waals surface area contributed by atoms with Gasteiger partial charge >= 0.3 is 0 Å². The van der Waals surface area contributed by atoms with E-state index in [0.717, 1.165) is 0 Å². The standard InChI is InChI=1S/C43H53ClN6O8/c1-26-20-38(53)41(50(2)43(55)29(6-4-14-45)24-37(52)31-11-10-30(56-3)25-34(31)44)28-9-13-40(58-19-17-48)33(23-28)32-21-27(8-12-39(32)57-18-16-47)22-35(49-42(26)54)36(51)7-5-15-46/h8-13,21,23,25-26,29,35,41H,4-7,14,16-20,22,24,45,47-48H2,1-3H3,(H,49,54)/t26-,29-,35+,41+/m1/s1. The number of fused-ring (bicyclic) bond motifs is 5. The third-order valence-electron chi connectivity index (χ3n) is 10.0. The van der Waals surface area contributed by atoms with Crippen LogP contribution >= 0.6 is 11.6 Å². The van der Waals surface area contributed by atoms with E-state index in [1.807, 2.05) is 12.1 Å². The quantitative estimate of drug-likeness (QED) is 0.132. The number of carbonyl (C=O) groups excluding carboxylic acids is 5. The molecule has 0 fully saturated rings. The number of hydrogen-bond acceptors (Lipinski definition) is 12. The molecule has 58 heavy (non-hydrogen) atoms. The Morgan fingerprint density at radius 2 is 1.62 bits per heavy atom. The van der Waals surface area contributed by atoms with Gasteiger partial charge in [-0.3, -0.25) is 24.0 Å². The average molecular weight is 817 g/mol. The van der Waals surface area contributed by atoms with Gasteiger partial charge in [-0.15, -0.1) is 0 Å². The lowest BCUT2D eigenvalue weighted by molar-refractivity contribution is -0.142. The molecular weight excluding hydrogens is 764 g/mol. The minimum atomic E-state index is -1.22. The first-order valence-corrected chi connectivity index (χ1v) is 19.7. The van der Waals surface area contributed by atoms with Gasteiger partial charge in [0.2, 0.25) is 11.8 Å². The van der Waals surface area contributed by atoms with E-state index in [1.165, 1.54) is 25.1 Å². The largest absolute Gasteiger partial charge is 0.497 e. The van der Waals surface area contributed by atoms with Crippen molar-refractivity contribution < 1.29 is 38.2 Å². The van der Waals surface area contributed by atoms with Gasteiger partial charge in [0.25, 0.3) is 0 Å². The zero-order chi connectivity index (χ0) is 42.4. The van der Waals surface area contributed by atoms with Gasteiger partial charge in [-0.2, -0.15) is 5.26 Å². The maximum absolute atomic E-state index is 14.6. The fourth-order valence-corrected chi connectivity index (χ4v) is 7.26. The number of halogens is 1. The van der Waals surface area contributed by atoms with Crippen LogP contribution in [0.2, 0.25) is 5.02 Å². The number of ketones is 3. The number of rotatable bonds is 18. The number of nitrogens with one attached hydrogen (secondary N) is 1. The Hall–Kier alpha value is -5.33. The van der Waals surface area contributed by atoms with Crippen LogP contribution in [-0.2, 0) is 25.6 Å². The van der Waals surface area contributed by atoms with E-state index in [2.05, 4.69) is 5.32 Å². The van der Waals surface area contributed by atoms with Crippen LogP contribution in [0.5, 0.6) is 17.2 Å². The molecule has 0 aromatic heterocycles. The van der Waals surface area contributed by atoms with Crippen molar-refractivity contribution in [3.63, 3.8) is 0 Å². The molecule has 4 atom stereocenters. The van der Waals surface area contributed by atoms with Crippen LogP contribution in [0.1, 0.15) is 73.0 Å². The molecule has 2 amide bonds. The first kappa shape index (κ1) is 45.4. The second kappa shape index (κ2) is 22.0. The van der Waals surface area contributed by atoms with Crippen molar-refractivity contribution in [1.82, 2.24) is 10.2 Å². The highest BCUT2D eigenvalue weighted by Crippen LogP contribution is 2.41. The highest BCUT2D eigenvalue weighted by molar-refractivity contribution is 6.34. The summed E-state index contributed by atoms with van der Waals surface area (Å²) in [5.41, 5.74) is 19.9. The van der Waals surface area contributed by atoms with Crippen molar-refractivity contribution in [2.75, 3.05) is 47.0 Å². The number of ether oxygens (including phenoxy) is 3. The van der Waals surface area contributed by atoms with E-state index >= 15 is 0 Å². The molecule has 310 valence electrons. The molecule has 0 unspecified atom stereocenters. The Labute approximate surface area is 344 Å². The fourth-order valence-electron chi connectivity index (χ4n) is 6.99. The van der Waals surface area contributed by atoms with Crippen LogP contribution in [0.15, 0.2) is 54.6 Å². The summed E-state index contributed by atoms with van der Waals surface area (Å²) in [5, 5.41) is 12.2. The summed E-state index contributed by atoms with van der Waals surface area (Å²) in [6.07, 6.45) is 0.178. The number of nitrogens with two attached hydrogens (primary N) is 3. The fraction of sp³-hybridized carbons (Fsp3) is 0.442. The molecule has 4 bridgehead atoms. The molecule has 15 heteroatoms. The molecule has 0 aliphatic carbocycles. The molecule has 3 aromatic carbocycles. The van der Waals surface area contributed by atoms with Crippen LogP contribution in [0.3, 0.4) is 0 Å². The van der Waals surface area contributed by atoms with Gasteiger partial charge in [-0.25, -0.2) is 0 Å². The zero-order valence-corrected chi connectivity index (χ0v) is 34.0. The second-order valence-electron chi connectivity index (χ2n) is 14.3. The number of benzene rings is 3. The lowest BCUT2D eigenvalue weighted by Gasteiger charge is -2.32. The number of amides is 2. The number of methoxy groups -OCH3 is 1. The number of likely N-dealkylation sites (N-methyl/N-ethyl adjacent to an activating group) is 1. The van der Waals surface area contributed by atoms with Gasteiger partial charge in [0.15, 0.2) is 17.3 Å². The van der Waals surface area contributed by atoms with Gasteiger partial charge < -0.3 is 41.6 Å². The van der Waals surface area contributed by atoms with E-state index in [4.69, 9.17) is 43.0 Å². The number of hydrogen-bond donors (Lipinski definition) is 4. The Morgan fingerprint density at radius 1 is 0.948 bits per heavy atom. The molecule has 1 aliphatic rings. The van der Waals surface area contributed by atoms with Gasteiger partial charge in [0.05, 0.1) is 24.2 Å². The van der Waals surface area contributed by atoms with Crippen LogP contribution < -0.4 is 36.7 Å².